The number of carbonyl (C=O) groups is 1. The number of benzene rings is 1. The number of anilines is 1. The van der Waals surface area contributed by atoms with Crippen LogP contribution in [0.25, 0.3) is 0 Å². The van der Waals surface area contributed by atoms with Crippen LogP contribution in [0.1, 0.15) is 24.2 Å². The van der Waals surface area contributed by atoms with Crippen molar-refractivity contribution in [3.8, 4) is 0 Å². The van der Waals surface area contributed by atoms with E-state index in [2.05, 4.69) is 18.7 Å². The Hall–Kier alpha value is -1.02. The monoisotopic (exact) mass is 211 g/mol. The van der Waals surface area contributed by atoms with Crippen LogP contribution in [0.2, 0.25) is 5.02 Å². The lowest BCUT2D eigenvalue weighted by Crippen LogP contribution is -2.23. The molecule has 76 valence electrons. The van der Waals surface area contributed by atoms with E-state index in [4.69, 9.17) is 11.6 Å². The molecule has 0 radical (unpaired) electrons. The fraction of sp³-hybridized carbons (Fsp3) is 0.364. The Bertz CT molecular complexity index is 321. The van der Waals surface area contributed by atoms with Crippen LogP contribution in [0.4, 0.5) is 5.69 Å². The first-order valence-electron chi connectivity index (χ1n) is 4.73. The number of halogens is 1. The highest BCUT2D eigenvalue weighted by molar-refractivity contribution is 6.33. The van der Waals surface area contributed by atoms with Gasteiger partial charge in [-0.3, -0.25) is 4.79 Å². The van der Waals surface area contributed by atoms with Crippen molar-refractivity contribution in [1.29, 1.82) is 0 Å². The van der Waals surface area contributed by atoms with Gasteiger partial charge in [-0.15, -0.1) is 0 Å². The predicted octanol–water partition coefficient (Wildman–Crippen LogP) is 3.00. The van der Waals surface area contributed by atoms with Crippen molar-refractivity contribution in [2.45, 2.75) is 13.8 Å². The molecule has 0 aliphatic heterocycles. The van der Waals surface area contributed by atoms with Crippen LogP contribution in [0.5, 0.6) is 0 Å². The molecule has 0 fully saturated rings. The Kier molecular flexibility index (Phi) is 3.96. The molecule has 14 heavy (non-hydrogen) atoms. The van der Waals surface area contributed by atoms with E-state index < -0.39 is 0 Å². The average Bonchev–Trinajstić information content (AvgIpc) is 2.20. The van der Waals surface area contributed by atoms with E-state index in [1.807, 2.05) is 12.1 Å². The van der Waals surface area contributed by atoms with Crippen LogP contribution >= 0.6 is 11.6 Å². The molecule has 0 aliphatic carbocycles. The molecule has 0 heterocycles. The third-order valence-corrected chi connectivity index (χ3v) is 2.58. The number of hydrogen-bond acceptors (Lipinski definition) is 2. The van der Waals surface area contributed by atoms with Gasteiger partial charge in [0.2, 0.25) is 0 Å². The summed E-state index contributed by atoms with van der Waals surface area (Å²) in [6, 6.07) is 5.52. The van der Waals surface area contributed by atoms with Gasteiger partial charge >= 0.3 is 0 Å². The molecule has 0 aliphatic rings. The lowest BCUT2D eigenvalue weighted by atomic mass is 10.1. The molecular formula is C11H14ClNO. The number of aldehydes is 1. The van der Waals surface area contributed by atoms with Gasteiger partial charge in [0.05, 0.1) is 10.6 Å². The van der Waals surface area contributed by atoms with Gasteiger partial charge in [0.15, 0.2) is 6.29 Å². The summed E-state index contributed by atoms with van der Waals surface area (Å²) in [4.78, 5) is 13.0. The Morgan fingerprint density at radius 2 is 2.00 bits per heavy atom. The zero-order valence-electron chi connectivity index (χ0n) is 8.46. The van der Waals surface area contributed by atoms with Crippen molar-refractivity contribution < 1.29 is 4.79 Å². The third kappa shape index (κ3) is 2.07. The van der Waals surface area contributed by atoms with E-state index in [1.54, 1.807) is 6.07 Å². The molecule has 1 rings (SSSR count). The maximum Gasteiger partial charge on any atom is 0.153 e. The molecule has 0 aromatic heterocycles. The predicted molar refractivity (Wildman–Crippen MR) is 60.4 cm³/mol. The summed E-state index contributed by atoms with van der Waals surface area (Å²) >= 11 is 5.93. The Morgan fingerprint density at radius 3 is 2.50 bits per heavy atom. The molecule has 0 spiro atoms. The van der Waals surface area contributed by atoms with E-state index in [9.17, 15) is 4.79 Å². The van der Waals surface area contributed by atoms with Gasteiger partial charge in [0.25, 0.3) is 0 Å². The van der Waals surface area contributed by atoms with Gasteiger partial charge in [-0.1, -0.05) is 17.7 Å². The molecular weight excluding hydrogens is 198 g/mol. The fourth-order valence-electron chi connectivity index (χ4n) is 1.48. The van der Waals surface area contributed by atoms with Gasteiger partial charge in [-0.05, 0) is 26.0 Å². The molecule has 0 amide bonds. The maximum atomic E-state index is 10.9. The van der Waals surface area contributed by atoms with E-state index in [1.165, 1.54) is 0 Å². The van der Waals surface area contributed by atoms with Crippen molar-refractivity contribution in [3.05, 3.63) is 28.8 Å². The molecule has 0 unspecified atom stereocenters. The molecule has 0 saturated carbocycles. The maximum absolute atomic E-state index is 10.9. The standard InChI is InChI=1S/C11H14ClNO/c1-3-13(4-2)11-7-5-6-10(12)9(11)8-14/h5-8H,3-4H2,1-2H3. The average molecular weight is 212 g/mol. The Balaban J connectivity index is 3.18. The third-order valence-electron chi connectivity index (χ3n) is 2.25. The highest BCUT2D eigenvalue weighted by Gasteiger charge is 2.09. The van der Waals surface area contributed by atoms with E-state index in [-0.39, 0.29) is 0 Å². The highest BCUT2D eigenvalue weighted by Crippen LogP contribution is 2.25. The van der Waals surface area contributed by atoms with E-state index in [0.29, 0.717) is 10.6 Å². The second-order valence-corrected chi connectivity index (χ2v) is 3.37. The Labute approximate surface area is 89.5 Å². The van der Waals surface area contributed by atoms with Crippen LogP contribution < -0.4 is 4.90 Å². The van der Waals surface area contributed by atoms with E-state index in [0.717, 1.165) is 25.1 Å². The first-order chi connectivity index (χ1) is 6.74. The van der Waals surface area contributed by atoms with Crippen molar-refractivity contribution >= 4 is 23.6 Å². The molecule has 2 nitrogen and oxygen atoms in total. The van der Waals surface area contributed by atoms with Gasteiger partial charge in [-0.25, -0.2) is 0 Å². The minimum absolute atomic E-state index is 0.518. The SMILES string of the molecule is CCN(CC)c1cccc(Cl)c1C=O. The first-order valence-corrected chi connectivity index (χ1v) is 5.11. The lowest BCUT2D eigenvalue weighted by Gasteiger charge is -2.22. The van der Waals surface area contributed by atoms with Crippen LogP contribution in [-0.4, -0.2) is 19.4 Å². The largest absolute Gasteiger partial charge is 0.371 e. The van der Waals surface area contributed by atoms with Crippen molar-refractivity contribution in [3.63, 3.8) is 0 Å². The summed E-state index contributed by atoms with van der Waals surface area (Å²) in [5.74, 6) is 0. The summed E-state index contributed by atoms with van der Waals surface area (Å²) in [6.07, 6.45) is 0.815. The Morgan fingerprint density at radius 1 is 1.36 bits per heavy atom. The molecule has 0 saturated heterocycles. The number of hydrogen-bond donors (Lipinski definition) is 0. The molecule has 0 bridgehead atoms. The second kappa shape index (κ2) is 5.01. The quantitative estimate of drug-likeness (QED) is 0.714. The highest BCUT2D eigenvalue weighted by atomic mass is 35.5. The van der Waals surface area contributed by atoms with Crippen LogP contribution in [0, 0.1) is 0 Å². The second-order valence-electron chi connectivity index (χ2n) is 2.96. The number of carbonyl (C=O) groups excluding carboxylic acids is 1. The molecule has 1 aromatic carbocycles. The normalized spacial score (nSPS) is 9.93. The van der Waals surface area contributed by atoms with Crippen LogP contribution in [0.3, 0.4) is 0 Å². The van der Waals surface area contributed by atoms with E-state index >= 15 is 0 Å². The van der Waals surface area contributed by atoms with Crippen molar-refractivity contribution in [2.24, 2.45) is 0 Å². The lowest BCUT2D eigenvalue weighted by molar-refractivity contribution is 0.112. The molecule has 0 atom stereocenters. The minimum Gasteiger partial charge on any atom is -0.371 e. The summed E-state index contributed by atoms with van der Waals surface area (Å²) in [5, 5.41) is 0.518. The fourth-order valence-corrected chi connectivity index (χ4v) is 1.70. The smallest absolute Gasteiger partial charge is 0.153 e. The summed E-state index contributed by atoms with van der Waals surface area (Å²) < 4.78 is 0. The van der Waals surface area contributed by atoms with Crippen LogP contribution in [-0.2, 0) is 0 Å². The summed E-state index contributed by atoms with van der Waals surface area (Å²) in [5.41, 5.74) is 1.50. The zero-order chi connectivity index (χ0) is 10.6. The molecule has 1 aromatic rings. The van der Waals surface area contributed by atoms with Crippen molar-refractivity contribution in [2.75, 3.05) is 18.0 Å². The number of nitrogens with zero attached hydrogens (tertiary/aromatic N) is 1. The van der Waals surface area contributed by atoms with Crippen molar-refractivity contribution in [1.82, 2.24) is 0 Å². The van der Waals surface area contributed by atoms with Crippen LogP contribution in [0.15, 0.2) is 18.2 Å². The zero-order valence-corrected chi connectivity index (χ0v) is 9.21. The van der Waals surface area contributed by atoms with Gasteiger partial charge in [0.1, 0.15) is 0 Å². The number of rotatable bonds is 4. The minimum atomic E-state index is 0.518. The van der Waals surface area contributed by atoms with Gasteiger partial charge < -0.3 is 4.90 Å². The summed E-state index contributed by atoms with van der Waals surface area (Å²) in [6.45, 7) is 5.85. The molecule has 3 heteroatoms. The molecule has 0 N–H and O–H groups in total. The topological polar surface area (TPSA) is 20.3 Å². The van der Waals surface area contributed by atoms with Gasteiger partial charge in [0, 0.05) is 18.8 Å². The summed E-state index contributed by atoms with van der Waals surface area (Å²) in [7, 11) is 0. The van der Waals surface area contributed by atoms with Gasteiger partial charge in [-0.2, -0.15) is 0 Å². The first kappa shape index (κ1) is 11.1.